The number of ether oxygens (including phenoxy) is 2. The molecule has 3 unspecified atom stereocenters. The highest BCUT2D eigenvalue weighted by Gasteiger charge is 2.25. The molecule has 14 heavy (non-hydrogen) atoms. The molecule has 0 amide bonds. The van der Waals surface area contributed by atoms with E-state index >= 15 is 0 Å². The number of hydrogen-bond acceptors (Lipinski definition) is 4. The summed E-state index contributed by atoms with van der Waals surface area (Å²) >= 11 is 0. The van der Waals surface area contributed by atoms with Crippen molar-refractivity contribution in [2.45, 2.75) is 18.6 Å². The molecule has 82 valence electrons. The number of methoxy groups -OCH3 is 1. The average Bonchev–Trinajstić information content (AvgIpc) is 2.69. The monoisotopic (exact) mass is 220 g/mol. The van der Waals surface area contributed by atoms with Gasteiger partial charge in [-0.15, -0.1) is 0 Å². The molecule has 0 spiro atoms. The van der Waals surface area contributed by atoms with Crippen molar-refractivity contribution in [3.8, 4) is 0 Å². The summed E-state index contributed by atoms with van der Waals surface area (Å²) in [6.07, 6.45) is 0.834. The molecule has 0 bridgehead atoms. The quantitative estimate of drug-likeness (QED) is 0.641. The molecule has 1 saturated heterocycles. The molecule has 0 aliphatic carbocycles. The molecule has 5 heteroatoms. The second-order valence-corrected chi connectivity index (χ2v) is 5.22. The van der Waals surface area contributed by atoms with Crippen molar-refractivity contribution in [1.82, 2.24) is 0 Å². The lowest BCUT2D eigenvalue weighted by molar-refractivity contribution is -0.144. The minimum Gasteiger partial charge on any atom is -0.469 e. The highest BCUT2D eigenvalue weighted by molar-refractivity contribution is 7.85. The van der Waals surface area contributed by atoms with Gasteiger partial charge in [-0.2, -0.15) is 0 Å². The summed E-state index contributed by atoms with van der Waals surface area (Å²) in [7, 11) is 0.374. The van der Waals surface area contributed by atoms with Crippen LogP contribution in [0.4, 0.5) is 0 Å². The number of carbonyl (C=O) groups excluding carboxylic acids is 1. The summed E-state index contributed by atoms with van der Waals surface area (Å²) in [6.45, 7) is 2.98. The zero-order valence-corrected chi connectivity index (χ0v) is 9.34. The molecule has 0 aromatic carbocycles. The van der Waals surface area contributed by atoms with E-state index in [1.165, 1.54) is 7.11 Å². The van der Waals surface area contributed by atoms with E-state index in [0.717, 1.165) is 6.42 Å². The van der Waals surface area contributed by atoms with Crippen molar-refractivity contribution in [2.24, 2.45) is 5.92 Å². The molecule has 1 aliphatic heterocycles. The van der Waals surface area contributed by atoms with Gasteiger partial charge in [-0.05, 0) is 6.42 Å². The second-order valence-electron chi connectivity index (χ2n) is 3.46. The van der Waals surface area contributed by atoms with Gasteiger partial charge in [0.25, 0.3) is 0 Å². The van der Waals surface area contributed by atoms with E-state index in [-0.39, 0.29) is 17.1 Å². The standard InChI is InChI=1S/C9H16O4S/c1-7(9(10)12-2)6-14(11)8-3-4-13-5-8/h7-8H,3-6H2,1-2H3. The van der Waals surface area contributed by atoms with E-state index in [1.54, 1.807) is 6.92 Å². The van der Waals surface area contributed by atoms with E-state index in [2.05, 4.69) is 4.74 Å². The first-order chi connectivity index (χ1) is 6.65. The van der Waals surface area contributed by atoms with Crippen LogP contribution in [0.3, 0.4) is 0 Å². The molecule has 1 fully saturated rings. The third-order valence-corrected chi connectivity index (χ3v) is 4.22. The molecule has 1 rings (SSSR count). The highest BCUT2D eigenvalue weighted by atomic mass is 32.2. The van der Waals surface area contributed by atoms with Crippen molar-refractivity contribution in [3.05, 3.63) is 0 Å². The number of carbonyl (C=O) groups is 1. The summed E-state index contributed by atoms with van der Waals surface area (Å²) in [5.74, 6) is -0.209. The van der Waals surface area contributed by atoms with Crippen LogP contribution in [-0.4, -0.2) is 41.5 Å². The third kappa shape index (κ3) is 3.06. The molecule has 0 aromatic rings. The predicted molar refractivity (Wildman–Crippen MR) is 53.4 cm³/mol. The topological polar surface area (TPSA) is 52.6 Å². The van der Waals surface area contributed by atoms with Crippen LogP contribution in [0.1, 0.15) is 13.3 Å². The lowest BCUT2D eigenvalue weighted by Crippen LogP contribution is -2.25. The molecule has 0 radical (unpaired) electrons. The first kappa shape index (κ1) is 11.7. The van der Waals surface area contributed by atoms with Crippen molar-refractivity contribution in [1.29, 1.82) is 0 Å². The van der Waals surface area contributed by atoms with Crippen LogP contribution in [-0.2, 0) is 25.1 Å². The molecular formula is C9H16O4S. The molecule has 0 aromatic heterocycles. The van der Waals surface area contributed by atoms with Gasteiger partial charge in [-0.3, -0.25) is 9.00 Å². The summed E-state index contributed by atoms with van der Waals surface area (Å²) in [4.78, 5) is 11.1. The van der Waals surface area contributed by atoms with Gasteiger partial charge < -0.3 is 9.47 Å². The molecule has 0 saturated carbocycles. The van der Waals surface area contributed by atoms with Crippen molar-refractivity contribution in [2.75, 3.05) is 26.1 Å². The number of hydrogen-bond donors (Lipinski definition) is 0. The molecular weight excluding hydrogens is 204 g/mol. The van der Waals surface area contributed by atoms with E-state index in [1.807, 2.05) is 0 Å². The number of rotatable bonds is 4. The Morgan fingerprint density at radius 2 is 2.43 bits per heavy atom. The summed E-state index contributed by atoms with van der Waals surface area (Å²) in [6, 6.07) is 0. The van der Waals surface area contributed by atoms with Crippen molar-refractivity contribution >= 4 is 16.8 Å². The van der Waals surface area contributed by atoms with Gasteiger partial charge in [0.2, 0.25) is 0 Å². The predicted octanol–water partition coefficient (Wildman–Crippen LogP) is 0.333. The van der Waals surface area contributed by atoms with Crippen LogP contribution in [0.15, 0.2) is 0 Å². The van der Waals surface area contributed by atoms with Crippen LogP contribution < -0.4 is 0 Å². The fourth-order valence-corrected chi connectivity index (χ4v) is 2.88. The molecule has 1 heterocycles. The Balaban J connectivity index is 2.35. The minimum atomic E-state index is -0.973. The maximum atomic E-state index is 11.7. The third-order valence-electron chi connectivity index (χ3n) is 2.28. The maximum Gasteiger partial charge on any atom is 0.309 e. The fourth-order valence-electron chi connectivity index (χ4n) is 1.37. The van der Waals surface area contributed by atoms with Gasteiger partial charge in [0.1, 0.15) is 0 Å². The minimum absolute atomic E-state index is 0.0992. The molecule has 4 nitrogen and oxygen atoms in total. The Morgan fingerprint density at radius 3 is 2.93 bits per heavy atom. The van der Waals surface area contributed by atoms with Gasteiger partial charge in [0.05, 0.1) is 24.9 Å². The van der Waals surface area contributed by atoms with Gasteiger partial charge in [-0.25, -0.2) is 0 Å². The van der Waals surface area contributed by atoms with Gasteiger partial charge >= 0.3 is 5.97 Å². The van der Waals surface area contributed by atoms with E-state index in [0.29, 0.717) is 19.0 Å². The van der Waals surface area contributed by atoms with E-state index in [4.69, 9.17) is 4.74 Å². The SMILES string of the molecule is COC(=O)C(C)CS(=O)C1CCOC1. The van der Waals surface area contributed by atoms with E-state index in [9.17, 15) is 9.00 Å². The molecule has 0 N–H and O–H groups in total. The maximum absolute atomic E-state index is 11.7. The Kier molecular flexibility index (Phi) is 4.54. The van der Waals surface area contributed by atoms with Crippen LogP contribution >= 0.6 is 0 Å². The van der Waals surface area contributed by atoms with E-state index < -0.39 is 10.8 Å². The van der Waals surface area contributed by atoms with Crippen LogP contribution in [0.25, 0.3) is 0 Å². The summed E-state index contributed by atoms with van der Waals surface area (Å²) in [5.41, 5.74) is 0. The fraction of sp³-hybridized carbons (Fsp3) is 0.889. The second kappa shape index (κ2) is 5.46. The Bertz CT molecular complexity index is 223. The Labute approximate surface area is 86.4 Å². The van der Waals surface area contributed by atoms with Gasteiger partial charge in [-0.1, -0.05) is 6.92 Å². The van der Waals surface area contributed by atoms with Gasteiger partial charge in [0, 0.05) is 23.2 Å². The lowest BCUT2D eigenvalue weighted by atomic mass is 10.2. The highest BCUT2D eigenvalue weighted by Crippen LogP contribution is 2.13. The largest absolute Gasteiger partial charge is 0.469 e. The summed E-state index contributed by atoms with van der Waals surface area (Å²) < 4.78 is 21.4. The zero-order chi connectivity index (χ0) is 10.6. The lowest BCUT2D eigenvalue weighted by Gasteiger charge is -2.11. The van der Waals surface area contributed by atoms with Crippen molar-refractivity contribution < 1.29 is 18.5 Å². The first-order valence-corrected chi connectivity index (χ1v) is 6.06. The van der Waals surface area contributed by atoms with Crippen molar-refractivity contribution in [3.63, 3.8) is 0 Å². The zero-order valence-electron chi connectivity index (χ0n) is 8.52. The molecule has 3 atom stereocenters. The average molecular weight is 220 g/mol. The number of esters is 1. The molecule has 1 aliphatic rings. The van der Waals surface area contributed by atoms with Gasteiger partial charge in [0.15, 0.2) is 0 Å². The Hall–Kier alpha value is -0.420. The first-order valence-electron chi connectivity index (χ1n) is 4.68. The smallest absolute Gasteiger partial charge is 0.309 e. The van der Waals surface area contributed by atoms with Crippen LogP contribution in [0.2, 0.25) is 0 Å². The summed E-state index contributed by atoms with van der Waals surface area (Å²) in [5, 5.41) is 0.0992. The van der Waals surface area contributed by atoms with Crippen LogP contribution in [0, 0.1) is 5.92 Å². The Morgan fingerprint density at radius 1 is 1.71 bits per heavy atom. The van der Waals surface area contributed by atoms with Crippen LogP contribution in [0.5, 0.6) is 0 Å². The normalized spacial score (nSPS) is 25.7.